The maximum absolute atomic E-state index is 12.8. The third kappa shape index (κ3) is 5.31. The highest BCUT2D eigenvalue weighted by molar-refractivity contribution is 6.24. The van der Waals surface area contributed by atoms with Gasteiger partial charge in [-0.3, -0.25) is 14.8 Å². The van der Waals surface area contributed by atoms with E-state index in [0.717, 1.165) is 29.5 Å². The zero-order valence-corrected chi connectivity index (χ0v) is 15.5. The molecule has 0 saturated heterocycles. The minimum Gasteiger partial charge on any atom is -0.497 e. The lowest BCUT2D eigenvalue weighted by atomic mass is 10.0. The molecule has 6 heteroatoms. The monoisotopic (exact) mass is 378 g/mol. The number of hydrogen-bond donors (Lipinski definition) is 3. The van der Waals surface area contributed by atoms with Crippen LogP contribution in [-0.4, -0.2) is 30.2 Å². The molecule has 0 atom stereocenters. The molecule has 6 nitrogen and oxygen atoms in total. The predicted molar refractivity (Wildman–Crippen MR) is 107 cm³/mol. The van der Waals surface area contributed by atoms with Crippen LogP contribution in [0, 0.1) is 0 Å². The molecule has 0 radical (unpaired) electrons. The SMILES string of the molecule is COc1cccc(C(=Cc2ccc(C=CC(=O)NO)cc2)C(=O)NC2CC2)c1. The standard InChI is InChI=1S/C22H22N2O4/c1-28-19-4-2-3-17(14-19)20(22(26)23-18-10-11-18)13-16-7-5-15(6-8-16)9-12-21(25)24-27/h2-9,12-14,18,27H,10-11H2,1H3,(H,23,26)(H,24,25). The van der Waals surface area contributed by atoms with E-state index in [4.69, 9.17) is 9.94 Å². The molecule has 0 aliphatic heterocycles. The fraction of sp³-hybridized carbons (Fsp3) is 0.182. The van der Waals surface area contributed by atoms with Crippen molar-refractivity contribution in [2.24, 2.45) is 0 Å². The highest BCUT2D eigenvalue weighted by Crippen LogP contribution is 2.25. The number of ether oxygens (including phenoxy) is 1. The Labute approximate surface area is 163 Å². The third-order valence-corrected chi connectivity index (χ3v) is 4.32. The van der Waals surface area contributed by atoms with E-state index in [1.807, 2.05) is 54.6 Å². The molecule has 2 aromatic carbocycles. The molecular formula is C22H22N2O4. The predicted octanol–water partition coefficient (Wildman–Crippen LogP) is 3.03. The Morgan fingerprint density at radius 3 is 2.46 bits per heavy atom. The van der Waals surface area contributed by atoms with Crippen LogP contribution in [0.4, 0.5) is 0 Å². The van der Waals surface area contributed by atoms with Gasteiger partial charge in [0.05, 0.1) is 7.11 Å². The van der Waals surface area contributed by atoms with Crippen molar-refractivity contribution >= 4 is 29.5 Å². The molecule has 3 N–H and O–H groups in total. The molecule has 2 amide bonds. The van der Waals surface area contributed by atoms with Gasteiger partial charge in [0.15, 0.2) is 0 Å². The molecule has 0 bridgehead atoms. The second kappa shape index (κ2) is 9.01. The fourth-order valence-electron chi connectivity index (χ4n) is 2.64. The zero-order chi connectivity index (χ0) is 19.9. The number of rotatable bonds is 7. The summed E-state index contributed by atoms with van der Waals surface area (Å²) in [5.41, 5.74) is 4.54. The molecule has 0 unspecified atom stereocenters. The Hall–Kier alpha value is -3.38. The van der Waals surface area contributed by atoms with Crippen molar-refractivity contribution in [1.82, 2.24) is 10.8 Å². The van der Waals surface area contributed by atoms with Gasteiger partial charge in [0.1, 0.15) is 5.75 Å². The Morgan fingerprint density at radius 1 is 1.11 bits per heavy atom. The number of methoxy groups -OCH3 is 1. The van der Waals surface area contributed by atoms with Crippen molar-refractivity contribution in [3.63, 3.8) is 0 Å². The summed E-state index contributed by atoms with van der Waals surface area (Å²) in [4.78, 5) is 23.8. The van der Waals surface area contributed by atoms with E-state index < -0.39 is 5.91 Å². The number of carbonyl (C=O) groups excluding carboxylic acids is 2. The number of benzene rings is 2. The van der Waals surface area contributed by atoms with Crippen LogP contribution in [0.1, 0.15) is 29.5 Å². The van der Waals surface area contributed by atoms with Crippen LogP contribution < -0.4 is 15.5 Å². The van der Waals surface area contributed by atoms with E-state index >= 15 is 0 Å². The van der Waals surface area contributed by atoms with Crippen LogP contribution in [0.3, 0.4) is 0 Å². The zero-order valence-electron chi connectivity index (χ0n) is 15.5. The molecule has 0 heterocycles. The second-order valence-electron chi connectivity index (χ2n) is 6.51. The molecule has 3 rings (SSSR count). The van der Waals surface area contributed by atoms with E-state index in [1.165, 1.54) is 6.08 Å². The van der Waals surface area contributed by atoms with E-state index in [1.54, 1.807) is 18.7 Å². The first-order valence-corrected chi connectivity index (χ1v) is 8.98. The van der Waals surface area contributed by atoms with Crippen molar-refractivity contribution in [3.8, 4) is 5.75 Å². The summed E-state index contributed by atoms with van der Waals surface area (Å²) in [5.74, 6) is -0.0226. The van der Waals surface area contributed by atoms with Crippen LogP contribution in [0.25, 0.3) is 17.7 Å². The Bertz CT molecular complexity index is 912. The molecular weight excluding hydrogens is 356 g/mol. The highest BCUT2D eigenvalue weighted by Gasteiger charge is 2.25. The van der Waals surface area contributed by atoms with Gasteiger partial charge in [-0.25, -0.2) is 5.48 Å². The minimum atomic E-state index is -0.596. The van der Waals surface area contributed by atoms with Crippen LogP contribution in [0.5, 0.6) is 5.75 Å². The van der Waals surface area contributed by atoms with Gasteiger partial charge < -0.3 is 10.1 Å². The van der Waals surface area contributed by atoms with Crippen molar-refractivity contribution in [2.45, 2.75) is 18.9 Å². The molecule has 2 aromatic rings. The topological polar surface area (TPSA) is 87.7 Å². The summed E-state index contributed by atoms with van der Waals surface area (Å²) in [6.07, 6.45) is 6.68. The smallest absolute Gasteiger partial charge is 0.267 e. The van der Waals surface area contributed by atoms with Crippen molar-refractivity contribution in [1.29, 1.82) is 0 Å². The van der Waals surface area contributed by atoms with E-state index in [-0.39, 0.29) is 11.9 Å². The van der Waals surface area contributed by atoms with Gasteiger partial charge in [-0.15, -0.1) is 0 Å². The Balaban J connectivity index is 1.88. The van der Waals surface area contributed by atoms with Crippen LogP contribution >= 0.6 is 0 Å². The van der Waals surface area contributed by atoms with Crippen LogP contribution in [-0.2, 0) is 9.59 Å². The second-order valence-corrected chi connectivity index (χ2v) is 6.51. The quantitative estimate of drug-likeness (QED) is 0.299. The first-order valence-electron chi connectivity index (χ1n) is 8.98. The lowest BCUT2D eigenvalue weighted by molar-refractivity contribution is -0.124. The number of hydrogen-bond acceptors (Lipinski definition) is 4. The van der Waals surface area contributed by atoms with E-state index in [9.17, 15) is 9.59 Å². The first-order chi connectivity index (χ1) is 13.6. The highest BCUT2D eigenvalue weighted by atomic mass is 16.5. The fourth-order valence-corrected chi connectivity index (χ4v) is 2.64. The van der Waals surface area contributed by atoms with Gasteiger partial charge in [-0.05, 0) is 53.8 Å². The summed E-state index contributed by atoms with van der Waals surface area (Å²) in [6.45, 7) is 0. The summed E-state index contributed by atoms with van der Waals surface area (Å²) < 4.78 is 5.28. The van der Waals surface area contributed by atoms with Crippen LogP contribution in [0.2, 0.25) is 0 Å². The van der Waals surface area contributed by atoms with Crippen LogP contribution in [0.15, 0.2) is 54.6 Å². The van der Waals surface area contributed by atoms with Gasteiger partial charge in [0.25, 0.3) is 11.8 Å². The number of carbonyl (C=O) groups is 2. The molecule has 0 spiro atoms. The van der Waals surface area contributed by atoms with E-state index in [0.29, 0.717) is 11.3 Å². The molecule has 1 fully saturated rings. The van der Waals surface area contributed by atoms with E-state index in [2.05, 4.69) is 5.32 Å². The summed E-state index contributed by atoms with van der Waals surface area (Å²) >= 11 is 0. The number of hydroxylamine groups is 1. The normalized spacial score (nSPS) is 14.0. The van der Waals surface area contributed by atoms with Crippen molar-refractivity contribution in [3.05, 3.63) is 71.3 Å². The number of nitrogens with one attached hydrogen (secondary N) is 2. The number of amides is 2. The van der Waals surface area contributed by atoms with Gasteiger partial charge in [-0.1, -0.05) is 36.4 Å². The summed E-state index contributed by atoms with van der Waals surface area (Å²) in [7, 11) is 1.59. The van der Waals surface area contributed by atoms with Crippen molar-refractivity contribution < 1.29 is 19.5 Å². The van der Waals surface area contributed by atoms with Gasteiger partial charge in [0, 0.05) is 17.7 Å². The molecule has 1 saturated carbocycles. The lowest BCUT2D eigenvalue weighted by Gasteiger charge is -2.10. The van der Waals surface area contributed by atoms with Gasteiger partial charge >= 0.3 is 0 Å². The third-order valence-electron chi connectivity index (χ3n) is 4.32. The largest absolute Gasteiger partial charge is 0.497 e. The van der Waals surface area contributed by atoms with Gasteiger partial charge in [-0.2, -0.15) is 0 Å². The first kappa shape index (κ1) is 19.4. The Morgan fingerprint density at radius 2 is 1.82 bits per heavy atom. The Kier molecular flexibility index (Phi) is 6.24. The summed E-state index contributed by atoms with van der Waals surface area (Å²) in [5, 5.41) is 11.5. The molecule has 1 aliphatic carbocycles. The molecule has 1 aliphatic rings. The van der Waals surface area contributed by atoms with Gasteiger partial charge in [0.2, 0.25) is 0 Å². The van der Waals surface area contributed by atoms with Crippen molar-refractivity contribution in [2.75, 3.05) is 7.11 Å². The molecule has 28 heavy (non-hydrogen) atoms. The molecule has 144 valence electrons. The average molecular weight is 378 g/mol. The lowest BCUT2D eigenvalue weighted by Crippen LogP contribution is -2.26. The maximum Gasteiger partial charge on any atom is 0.267 e. The molecule has 0 aromatic heterocycles. The maximum atomic E-state index is 12.8. The summed E-state index contributed by atoms with van der Waals surface area (Å²) in [6, 6.07) is 15.0. The average Bonchev–Trinajstić information content (AvgIpc) is 3.54. The minimum absolute atomic E-state index is 0.112.